The normalized spacial score (nSPS) is 29.8. The van der Waals surface area contributed by atoms with Crippen LogP contribution in [0.15, 0.2) is 15.8 Å². The summed E-state index contributed by atoms with van der Waals surface area (Å²) in [6.45, 7) is 0.223. The molecule has 1 aliphatic rings. The first-order chi connectivity index (χ1) is 9.49. The van der Waals surface area contributed by atoms with Crippen molar-refractivity contribution in [3.63, 3.8) is 0 Å². The van der Waals surface area contributed by atoms with Gasteiger partial charge in [0.2, 0.25) is 0 Å². The molecule has 1 aliphatic heterocycles. The lowest BCUT2D eigenvalue weighted by Gasteiger charge is -2.18. The Hall–Kier alpha value is -0.750. The zero-order chi connectivity index (χ0) is 14.9. The molecule has 0 amide bonds. The molecule has 1 fully saturated rings. The summed E-state index contributed by atoms with van der Waals surface area (Å²) in [5.41, 5.74) is -1.12. The SMILES string of the molecule is COC[C@H]1O[C@@H](n2cc(I)c(=O)[nH]c2=O)C(O)[C@H]1OC. The Morgan fingerprint density at radius 3 is 2.80 bits per heavy atom. The largest absolute Gasteiger partial charge is 0.386 e. The molecule has 0 spiro atoms. The fourth-order valence-corrected chi connectivity index (χ4v) is 2.62. The van der Waals surface area contributed by atoms with Gasteiger partial charge in [0.1, 0.15) is 18.3 Å². The van der Waals surface area contributed by atoms with Gasteiger partial charge in [0.15, 0.2) is 6.23 Å². The van der Waals surface area contributed by atoms with E-state index in [-0.39, 0.29) is 6.61 Å². The highest BCUT2D eigenvalue weighted by Crippen LogP contribution is 2.30. The van der Waals surface area contributed by atoms with E-state index in [1.54, 1.807) is 22.6 Å². The molecule has 2 rings (SSSR count). The second-order valence-electron chi connectivity index (χ2n) is 4.35. The minimum atomic E-state index is -1.04. The Balaban J connectivity index is 2.36. The van der Waals surface area contributed by atoms with Crippen molar-refractivity contribution in [1.29, 1.82) is 0 Å². The van der Waals surface area contributed by atoms with E-state index in [1.165, 1.54) is 20.4 Å². The molecule has 1 saturated heterocycles. The third-order valence-electron chi connectivity index (χ3n) is 3.11. The van der Waals surface area contributed by atoms with Gasteiger partial charge in [-0.2, -0.15) is 0 Å². The van der Waals surface area contributed by atoms with Crippen molar-refractivity contribution >= 4 is 22.6 Å². The van der Waals surface area contributed by atoms with Gasteiger partial charge in [0, 0.05) is 20.4 Å². The molecule has 9 heteroatoms. The van der Waals surface area contributed by atoms with E-state index in [0.29, 0.717) is 3.57 Å². The summed E-state index contributed by atoms with van der Waals surface area (Å²) in [7, 11) is 2.95. The lowest BCUT2D eigenvalue weighted by Crippen LogP contribution is -2.39. The minimum absolute atomic E-state index is 0.223. The lowest BCUT2D eigenvalue weighted by molar-refractivity contribution is -0.0641. The number of ether oxygens (including phenoxy) is 3. The Morgan fingerprint density at radius 1 is 1.50 bits per heavy atom. The van der Waals surface area contributed by atoms with Crippen LogP contribution in [0.2, 0.25) is 0 Å². The number of hydrogen-bond donors (Lipinski definition) is 2. The summed E-state index contributed by atoms with van der Waals surface area (Å²) in [5, 5.41) is 10.2. The van der Waals surface area contributed by atoms with Gasteiger partial charge >= 0.3 is 5.69 Å². The number of aromatic nitrogens is 2. The molecular formula is C11H15IN2O6. The quantitative estimate of drug-likeness (QED) is 0.635. The van der Waals surface area contributed by atoms with Crippen LogP contribution in [0.4, 0.5) is 0 Å². The number of halogens is 1. The van der Waals surface area contributed by atoms with Crippen LogP contribution in [-0.4, -0.2) is 53.8 Å². The molecule has 2 heterocycles. The van der Waals surface area contributed by atoms with Crippen LogP contribution < -0.4 is 11.2 Å². The van der Waals surface area contributed by atoms with Crippen molar-refractivity contribution < 1.29 is 19.3 Å². The molecule has 8 nitrogen and oxygen atoms in total. The van der Waals surface area contributed by atoms with E-state index in [4.69, 9.17) is 14.2 Å². The van der Waals surface area contributed by atoms with E-state index in [2.05, 4.69) is 4.98 Å². The summed E-state index contributed by atoms with van der Waals surface area (Å²) >= 11 is 1.80. The minimum Gasteiger partial charge on any atom is -0.386 e. The second-order valence-corrected chi connectivity index (χ2v) is 5.52. The molecule has 2 N–H and O–H groups in total. The first-order valence-corrected chi connectivity index (χ1v) is 6.93. The number of aliphatic hydroxyl groups excluding tert-OH is 1. The van der Waals surface area contributed by atoms with Gasteiger partial charge in [-0.1, -0.05) is 0 Å². The monoisotopic (exact) mass is 398 g/mol. The Kier molecular flexibility index (Phi) is 4.96. The number of nitrogens with zero attached hydrogens (tertiary/aromatic N) is 1. The molecule has 1 aromatic heterocycles. The zero-order valence-electron chi connectivity index (χ0n) is 10.9. The van der Waals surface area contributed by atoms with Gasteiger partial charge in [-0.3, -0.25) is 14.3 Å². The number of aromatic amines is 1. The highest BCUT2D eigenvalue weighted by atomic mass is 127. The van der Waals surface area contributed by atoms with Gasteiger partial charge in [-0.25, -0.2) is 4.79 Å². The first-order valence-electron chi connectivity index (χ1n) is 5.85. The van der Waals surface area contributed by atoms with Crippen molar-refractivity contribution in [2.75, 3.05) is 20.8 Å². The Morgan fingerprint density at radius 2 is 2.20 bits per heavy atom. The number of H-pyrrole nitrogens is 1. The highest BCUT2D eigenvalue weighted by molar-refractivity contribution is 14.1. The van der Waals surface area contributed by atoms with Crippen molar-refractivity contribution in [3.05, 3.63) is 30.6 Å². The van der Waals surface area contributed by atoms with Crippen LogP contribution in [0.3, 0.4) is 0 Å². The van der Waals surface area contributed by atoms with Crippen LogP contribution in [-0.2, 0) is 14.2 Å². The fourth-order valence-electron chi connectivity index (χ4n) is 2.19. The average Bonchev–Trinajstić information content (AvgIpc) is 2.71. The molecule has 0 aliphatic carbocycles. The van der Waals surface area contributed by atoms with Crippen LogP contribution in [0.1, 0.15) is 6.23 Å². The summed E-state index contributed by atoms with van der Waals surface area (Å²) in [4.78, 5) is 25.3. The lowest BCUT2D eigenvalue weighted by atomic mass is 10.1. The van der Waals surface area contributed by atoms with Gasteiger partial charge in [-0.05, 0) is 22.6 Å². The van der Waals surface area contributed by atoms with E-state index >= 15 is 0 Å². The van der Waals surface area contributed by atoms with Crippen LogP contribution in [0.25, 0.3) is 0 Å². The number of nitrogens with one attached hydrogen (secondary N) is 1. The van der Waals surface area contributed by atoms with Crippen molar-refractivity contribution in [1.82, 2.24) is 9.55 Å². The third-order valence-corrected chi connectivity index (χ3v) is 3.88. The van der Waals surface area contributed by atoms with Crippen molar-refractivity contribution in [2.24, 2.45) is 0 Å². The average molecular weight is 398 g/mol. The maximum Gasteiger partial charge on any atom is 0.330 e. The van der Waals surface area contributed by atoms with Crippen LogP contribution in [0.5, 0.6) is 0 Å². The standard InChI is InChI=1S/C11H15IN2O6/c1-18-4-6-8(19-2)7(15)10(20-6)14-3-5(12)9(16)13-11(14)17/h3,6-8,10,15H,4H2,1-2H3,(H,13,16,17)/t6-,7?,8+,10-/m1/s1. The van der Waals surface area contributed by atoms with E-state index in [0.717, 1.165) is 4.57 Å². The molecular weight excluding hydrogens is 383 g/mol. The molecule has 0 bridgehead atoms. The van der Waals surface area contributed by atoms with Gasteiger partial charge in [0.05, 0.1) is 10.2 Å². The molecule has 0 saturated carbocycles. The number of aliphatic hydroxyl groups is 1. The first kappa shape index (κ1) is 15.6. The third kappa shape index (κ3) is 2.81. The Bertz CT molecular complexity index is 585. The topological polar surface area (TPSA) is 103 Å². The van der Waals surface area contributed by atoms with E-state index < -0.39 is 35.8 Å². The summed E-state index contributed by atoms with van der Waals surface area (Å²) in [6, 6.07) is 0. The van der Waals surface area contributed by atoms with Crippen molar-refractivity contribution in [3.8, 4) is 0 Å². The summed E-state index contributed by atoms with van der Waals surface area (Å²) in [6.07, 6.45) is -1.74. The molecule has 0 radical (unpaired) electrons. The van der Waals surface area contributed by atoms with Gasteiger partial charge in [-0.15, -0.1) is 0 Å². The maximum absolute atomic E-state index is 11.8. The number of methoxy groups -OCH3 is 2. The predicted octanol–water partition coefficient (Wildman–Crippen LogP) is -0.939. The molecule has 1 unspecified atom stereocenters. The summed E-state index contributed by atoms with van der Waals surface area (Å²) < 4.78 is 17.3. The smallest absolute Gasteiger partial charge is 0.330 e. The zero-order valence-corrected chi connectivity index (χ0v) is 13.1. The molecule has 20 heavy (non-hydrogen) atoms. The summed E-state index contributed by atoms with van der Waals surface area (Å²) in [5.74, 6) is 0. The van der Waals surface area contributed by atoms with Crippen molar-refractivity contribution in [2.45, 2.75) is 24.5 Å². The van der Waals surface area contributed by atoms with Crippen LogP contribution in [0, 0.1) is 3.57 Å². The number of hydrogen-bond acceptors (Lipinski definition) is 6. The predicted molar refractivity (Wildman–Crippen MR) is 76.6 cm³/mol. The molecule has 1 aromatic rings. The molecule has 4 atom stereocenters. The molecule has 112 valence electrons. The Labute approximate surface area is 127 Å². The highest BCUT2D eigenvalue weighted by Gasteiger charge is 2.45. The van der Waals surface area contributed by atoms with Gasteiger partial charge in [0.25, 0.3) is 5.56 Å². The molecule has 0 aromatic carbocycles. The number of rotatable bonds is 4. The van der Waals surface area contributed by atoms with E-state index in [9.17, 15) is 14.7 Å². The second kappa shape index (κ2) is 6.35. The van der Waals surface area contributed by atoms with Gasteiger partial charge < -0.3 is 19.3 Å². The fraction of sp³-hybridized carbons (Fsp3) is 0.636. The van der Waals surface area contributed by atoms with E-state index in [1.807, 2.05) is 0 Å². The van der Waals surface area contributed by atoms with Crippen LogP contribution >= 0.6 is 22.6 Å². The maximum atomic E-state index is 11.8.